The lowest BCUT2D eigenvalue weighted by atomic mass is 10.0. The number of piperazine rings is 1. The summed E-state index contributed by atoms with van der Waals surface area (Å²) in [7, 11) is 0. The van der Waals surface area contributed by atoms with E-state index in [1.165, 1.54) is 6.42 Å². The second-order valence-corrected chi connectivity index (χ2v) is 6.11. The highest BCUT2D eigenvalue weighted by molar-refractivity contribution is 5.78. The van der Waals surface area contributed by atoms with Crippen LogP contribution in [0.2, 0.25) is 0 Å². The van der Waals surface area contributed by atoms with Crippen molar-refractivity contribution in [2.45, 2.75) is 52.1 Å². The number of amides is 1. The molecule has 2 atom stereocenters. The van der Waals surface area contributed by atoms with E-state index in [0.717, 1.165) is 31.8 Å². The third kappa shape index (κ3) is 6.36. The predicted octanol–water partition coefficient (Wildman–Crippen LogP) is 1.11. The average molecular weight is 280 g/mol. The van der Waals surface area contributed by atoms with Crippen LogP contribution in [0.15, 0.2) is 0 Å². The van der Waals surface area contributed by atoms with Gasteiger partial charge in [0.05, 0.1) is 12.6 Å². The molecule has 1 fully saturated rings. The van der Waals surface area contributed by atoms with Gasteiger partial charge in [-0.05, 0) is 19.3 Å². The summed E-state index contributed by atoms with van der Waals surface area (Å²) in [4.78, 5) is 13.9. The van der Waals surface area contributed by atoms with Crippen molar-refractivity contribution in [3.05, 3.63) is 0 Å². The quantitative estimate of drug-likeness (QED) is 0.733. The minimum atomic E-state index is -0.189. The van der Waals surface area contributed by atoms with E-state index in [1.807, 2.05) is 4.90 Å². The first-order chi connectivity index (χ1) is 9.52. The molecule has 0 saturated carbocycles. The summed E-state index contributed by atoms with van der Waals surface area (Å²) in [5.74, 6) is 0.749. The standard InChI is InChI=1S/C15H28N4O/c1-12(2)5-4-6-13(3)18-15(20)11-19-8-7-17-10-14(19)9-16/h12-14,17H,4-8,10-11H2,1-3H3,(H,18,20). The first-order valence-corrected chi connectivity index (χ1v) is 7.66. The molecule has 1 amide bonds. The van der Waals surface area contributed by atoms with Crippen LogP contribution in [0, 0.1) is 17.2 Å². The van der Waals surface area contributed by atoms with Crippen LogP contribution in [0.5, 0.6) is 0 Å². The summed E-state index contributed by atoms with van der Waals surface area (Å²) in [5.41, 5.74) is 0. The van der Waals surface area contributed by atoms with Crippen molar-refractivity contribution in [1.82, 2.24) is 15.5 Å². The molecule has 0 bridgehead atoms. The van der Waals surface area contributed by atoms with Gasteiger partial charge in [-0.2, -0.15) is 5.26 Å². The van der Waals surface area contributed by atoms with Gasteiger partial charge in [0.15, 0.2) is 0 Å². The van der Waals surface area contributed by atoms with Gasteiger partial charge in [-0.3, -0.25) is 9.69 Å². The molecule has 5 heteroatoms. The number of hydrogen-bond donors (Lipinski definition) is 2. The van der Waals surface area contributed by atoms with Crippen molar-refractivity contribution < 1.29 is 4.79 Å². The van der Waals surface area contributed by atoms with Gasteiger partial charge in [0.25, 0.3) is 0 Å². The lowest BCUT2D eigenvalue weighted by Gasteiger charge is -2.31. The lowest BCUT2D eigenvalue weighted by molar-refractivity contribution is -0.123. The molecule has 5 nitrogen and oxygen atoms in total. The lowest BCUT2D eigenvalue weighted by Crippen LogP contribution is -2.54. The van der Waals surface area contributed by atoms with Crippen LogP contribution in [-0.2, 0) is 4.79 Å². The number of nitriles is 1. The summed E-state index contributed by atoms with van der Waals surface area (Å²) in [6.45, 7) is 9.06. The van der Waals surface area contributed by atoms with Crippen molar-refractivity contribution in [3.63, 3.8) is 0 Å². The van der Waals surface area contributed by atoms with E-state index in [9.17, 15) is 4.79 Å². The Morgan fingerprint density at radius 3 is 2.85 bits per heavy atom. The molecule has 1 aliphatic rings. The highest BCUT2D eigenvalue weighted by atomic mass is 16.2. The molecule has 20 heavy (non-hydrogen) atoms. The van der Waals surface area contributed by atoms with E-state index < -0.39 is 0 Å². The summed E-state index contributed by atoms with van der Waals surface area (Å²) in [6, 6.07) is 2.27. The van der Waals surface area contributed by atoms with Gasteiger partial charge in [-0.15, -0.1) is 0 Å². The topological polar surface area (TPSA) is 68.2 Å². The van der Waals surface area contributed by atoms with E-state index in [1.54, 1.807) is 0 Å². The van der Waals surface area contributed by atoms with Gasteiger partial charge in [-0.1, -0.05) is 26.7 Å². The summed E-state index contributed by atoms with van der Waals surface area (Å²) < 4.78 is 0. The van der Waals surface area contributed by atoms with Crippen molar-refractivity contribution in [2.75, 3.05) is 26.2 Å². The Hall–Kier alpha value is -1.12. The first kappa shape index (κ1) is 16.9. The molecule has 0 aromatic heterocycles. The van der Waals surface area contributed by atoms with Crippen LogP contribution in [0.4, 0.5) is 0 Å². The van der Waals surface area contributed by atoms with Crippen LogP contribution < -0.4 is 10.6 Å². The Balaban J connectivity index is 2.26. The summed E-state index contributed by atoms with van der Waals surface area (Å²) in [6.07, 6.45) is 3.37. The normalized spacial score (nSPS) is 21.4. The Bertz CT molecular complexity index is 337. The van der Waals surface area contributed by atoms with Crippen LogP contribution in [0.25, 0.3) is 0 Å². The van der Waals surface area contributed by atoms with Gasteiger partial charge in [0.2, 0.25) is 5.91 Å². The van der Waals surface area contributed by atoms with E-state index in [-0.39, 0.29) is 18.0 Å². The van der Waals surface area contributed by atoms with Crippen LogP contribution >= 0.6 is 0 Å². The molecule has 1 heterocycles. The summed E-state index contributed by atoms with van der Waals surface area (Å²) in [5, 5.41) is 15.3. The van der Waals surface area contributed by atoms with Gasteiger partial charge >= 0.3 is 0 Å². The van der Waals surface area contributed by atoms with Gasteiger partial charge in [0.1, 0.15) is 6.04 Å². The molecular weight excluding hydrogens is 252 g/mol. The Labute approximate surface area is 122 Å². The van der Waals surface area contributed by atoms with Crippen molar-refractivity contribution in [3.8, 4) is 6.07 Å². The monoisotopic (exact) mass is 280 g/mol. The largest absolute Gasteiger partial charge is 0.353 e. The third-order valence-electron chi connectivity index (χ3n) is 3.68. The highest BCUT2D eigenvalue weighted by Gasteiger charge is 2.23. The molecule has 1 aliphatic heterocycles. The van der Waals surface area contributed by atoms with Crippen LogP contribution in [0.1, 0.15) is 40.0 Å². The fraction of sp³-hybridized carbons (Fsp3) is 0.867. The van der Waals surface area contributed by atoms with E-state index in [2.05, 4.69) is 37.5 Å². The minimum Gasteiger partial charge on any atom is -0.353 e. The van der Waals surface area contributed by atoms with Gasteiger partial charge in [0, 0.05) is 25.7 Å². The number of nitrogens with one attached hydrogen (secondary N) is 2. The molecule has 0 radical (unpaired) electrons. The maximum absolute atomic E-state index is 12.0. The maximum atomic E-state index is 12.0. The number of rotatable bonds is 7. The SMILES string of the molecule is CC(C)CCCC(C)NC(=O)CN1CCNCC1C#N. The van der Waals surface area contributed by atoms with Gasteiger partial charge < -0.3 is 10.6 Å². The molecule has 0 aromatic rings. The molecule has 1 rings (SSSR count). The minimum absolute atomic E-state index is 0.0317. The Morgan fingerprint density at radius 2 is 2.20 bits per heavy atom. The second-order valence-electron chi connectivity index (χ2n) is 6.11. The van der Waals surface area contributed by atoms with Crippen molar-refractivity contribution in [1.29, 1.82) is 5.26 Å². The first-order valence-electron chi connectivity index (χ1n) is 7.66. The molecule has 2 N–H and O–H groups in total. The Kier molecular flexibility index (Phi) is 7.56. The number of nitrogens with zero attached hydrogens (tertiary/aromatic N) is 2. The third-order valence-corrected chi connectivity index (χ3v) is 3.68. The van der Waals surface area contributed by atoms with E-state index >= 15 is 0 Å². The number of carbonyl (C=O) groups is 1. The zero-order chi connectivity index (χ0) is 15.0. The average Bonchev–Trinajstić information content (AvgIpc) is 2.38. The Morgan fingerprint density at radius 1 is 1.45 bits per heavy atom. The fourth-order valence-corrected chi connectivity index (χ4v) is 2.47. The molecule has 0 aromatic carbocycles. The van der Waals surface area contributed by atoms with Crippen molar-refractivity contribution >= 4 is 5.91 Å². The molecule has 114 valence electrons. The fourth-order valence-electron chi connectivity index (χ4n) is 2.47. The number of carbonyl (C=O) groups excluding carboxylic acids is 1. The molecule has 0 spiro atoms. The zero-order valence-corrected chi connectivity index (χ0v) is 13.0. The molecule has 2 unspecified atom stereocenters. The summed E-state index contributed by atoms with van der Waals surface area (Å²) >= 11 is 0. The van der Waals surface area contributed by atoms with Gasteiger partial charge in [-0.25, -0.2) is 0 Å². The second kappa shape index (κ2) is 8.93. The molecule has 0 aliphatic carbocycles. The maximum Gasteiger partial charge on any atom is 0.234 e. The smallest absolute Gasteiger partial charge is 0.234 e. The zero-order valence-electron chi connectivity index (χ0n) is 13.0. The molecule has 1 saturated heterocycles. The van der Waals surface area contributed by atoms with Crippen LogP contribution in [0.3, 0.4) is 0 Å². The number of hydrogen-bond acceptors (Lipinski definition) is 4. The highest BCUT2D eigenvalue weighted by Crippen LogP contribution is 2.08. The van der Waals surface area contributed by atoms with Crippen LogP contribution in [-0.4, -0.2) is 49.1 Å². The van der Waals surface area contributed by atoms with Crippen molar-refractivity contribution in [2.24, 2.45) is 5.92 Å². The van der Waals surface area contributed by atoms with E-state index in [0.29, 0.717) is 13.1 Å². The predicted molar refractivity (Wildman–Crippen MR) is 80.1 cm³/mol. The van der Waals surface area contributed by atoms with E-state index in [4.69, 9.17) is 5.26 Å². The molecular formula is C15H28N4O.